The molecule has 30 heavy (non-hydrogen) atoms. The van der Waals surface area contributed by atoms with Gasteiger partial charge in [0.05, 0.1) is 5.54 Å². The van der Waals surface area contributed by atoms with Crippen LogP contribution < -0.4 is 15.7 Å². The largest absolute Gasteiger partial charge is 0.453 e. The fourth-order valence-corrected chi connectivity index (χ4v) is 6.43. The molecule has 0 fully saturated rings. The Morgan fingerprint density at radius 1 is 0.900 bits per heavy atom. The van der Waals surface area contributed by atoms with Gasteiger partial charge >= 0.3 is 5.97 Å². The molecule has 1 N–H and O–H groups in total. The van der Waals surface area contributed by atoms with Crippen LogP contribution in [0.25, 0.3) is 0 Å². The average molecular weight is 438 g/mol. The number of hydrogen-bond acceptors (Lipinski definition) is 3. The van der Waals surface area contributed by atoms with Gasteiger partial charge < -0.3 is 4.74 Å². The second-order valence-electron chi connectivity index (χ2n) is 7.32. The predicted molar refractivity (Wildman–Crippen MR) is 121 cm³/mol. The summed E-state index contributed by atoms with van der Waals surface area (Å²) in [7, 11) is -3.30. The summed E-state index contributed by atoms with van der Waals surface area (Å²) in [4.78, 5) is 11.9. The average Bonchev–Trinajstić information content (AvgIpc) is 3.22. The molecule has 0 radical (unpaired) electrons. The SMILES string of the molecule is C[C@@](NP(=O)(c1ccccc1)c1ccccc1)(c1ccc(Cl)cc1)C1C=CC(=O)O1. The standard InChI is InChI=1S/C24H21ClNO3P/c1-24(22-16-17-23(27)29-22,18-12-14-19(25)15-13-18)26-30(28,20-8-4-2-5-9-20)21-10-6-3-7-11-21/h2-17,22H,1H3,(H,26,28)/t22?,24-/m1/s1. The molecule has 0 saturated heterocycles. The van der Waals surface area contributed by atoms with Crippen LogP contribution in [0.4, 0.5) is 0 Å². The fourth-order valence-electron chi connectivity index (χ4n) is 3.65. The van der Waals surface area contributed by atoms with Gasteiger partial charge in [-0.3, -0.25) is 4.57 Å². The molecule has 0 aromatic heterocycles. The molecule has 0 amide bonds. The third-order valence-electron chi connectivity index (χ3n) is 5.29. The van der Waals surface area contributed by atoms with Crippen LogP contribution in [0.15, 0.2) is 97.1 Å². The number of nitrogens with one attached hydrogen (secondary N) is 1. The molecule has 4 nitrogen and oxygen atoms in total. The van der Waals surface area contributed by atoms with Gasteiger partial charge in [0.1, 0.15) is 6.10 Å². The minimum atomic E-state index is -3.30. The number of carbonyl (C=O) groups excluding carboxylic acids is 1. The zero-order valence-electron chi connectivity index (χ0n) is 16.4. The Hall–Kier alpha value is -2.65. The highest BCUT2D eigenvalue weighted by Crippen LogP contribution is 2.46. The summed E-state index contributed by atoms with van der Waals surface area (Å²) in [6, 6.07) is 25.9. The second kappa shape index (κ2) is 8.23. The van der Waals surface area contributed by atoms with Crippen LogP contribution in [0.5, 0.6) is 0 Å². The molecule has 0 saturated carbocycles. The molecule has 2 atom stereocenters. The quantitative estimate of drug-likeness (QED) is 0.454. The minimum absolute atomic E-state index is 0.420. The van der Waals surface area contributed by atoms with Crippen LogP contribution in [0.2, 0.25) is 5.02 Å². The van der Waals surface area contributed by atoms with E-state index >= 15 is 0 Å². The first-order chi connectivity index (χ1) is 14.4. The van der Waals surface area contributed by atoms with E-state index in [1.807, 2.05) is 79.7 Å². The third-order valence-corrected chi connectivity index (χ3v) is 8.37. The summed E-state index contributed by atoms with van der Waals surface area (Å²) in [5, 5.41) is 5.36. The van der Waals surface area contributed by atoms with Gasteiger partial charge in [0.25, 0.3) is 0 Å². The van der Waals surface area contributed by atoms with Gasteiger partial charge in [-0.05, 0) is 55.0 Å². The molecule has 1 aliphatic rings. The predicted octanol–water partition coefficient (Wildman–Crippen LogP) is 4.56. The number of benzene rings is 3. The van der Waals surface area contributed by atoms with E-state index in [1.165, 1.54) is 6.08 Å². The van der Waals surface area contributed by atoms with Crippen LogP contribution in [0.1, 0.15) is 12.5 Å². The maximum absolute atomic E-state index is 14.6. The summed E-state index contributed by atoms with van der Waals surface area (Å²) >= 11 is 6.09. The maximum atomic E-state index is 14.6. The van der Waals surface area contributed by atoms with Crippen molar-refractivity contribution < 1.29 is 14.1 Å². The van der Waals surface area contributed by atoms with E-state index < -0.39 is 24.9 Å². The summed E-state index contributed by atoms with van der Waals surface area (Å²) in [5.41, 5.74) is -0.155. The second-order valence-corrected chi connectivity index (χ2v) is 10.2. The number of halogens is 1. The Labute approximate surface area is 181 Å². The van der Waals surface area contributed by atoms with E-state index in [4.69, 9.17) is 16.3 Å². The maximum Gasteiger partial charge on any atom is 0.331 e. The Kier molecular flexibility index (Phi) is 5.66. The van der Waals surface area contributed by atoms with Crippen molar-refractivity contribution in [3.05, 3.63) is 108 Å². The third kappa shape index (κ3) is 3.87. The Morgan fingerprint density at radius 2 is 1.43 bits per heavy atom. The van der Waals surface area contributed by atoms with Crippen molar-refractivity contribution in [2.45, 2.75) is 18.6 Å². The lowest BCUT2D eigenvalue weighted by Crippen LogP contribution is -2.50. The molecular formula is C24H21ClNO3P. The summed E-state index contributed by atoms with van der Waals surface area (Å²) < 4.78 is 20.2. The van der Waals surface area contributed by atoms with E-state index in [2.05, 4.69) is 5.09 Å². The highest BCUT2D eigenvalue weighted by Gasteiger charge is 2.45. The van der Waals surface area contributed by atoms with Gasteiger partial charge in [0, 0.05) is 21.7 Å². The lowest BCUT2D eigenvalue weighted by Gasteiger charge is -2.39. The monoisotopic (exact) mass is 437 g/mol. The summed E-state index contributed by atoms with van der Waals surface area (Å²) in [6.45, 7) is 1.89. The normalized spacial score (nSPS) is 18.1. The number of carbonyl (C=O) groups is 1. The number of cyclic esters (lactones) is 1. The molecule has 6 heteroatoms. The fraction of sp³-hybridized carbons (Fsp3) is 0.125. The van der Waals surface area contributed by atoms with Crippen LogP contribution in [0.3, 0.4) is 0 Å². The molecule has 4 rings (SSSR count). The van der Waals surface area contributed by atoms with Crippen LogP contribution in [-0.2, 0) is 19.6 Å². The lowest BCUT2D eigenvalue weighted by molar-refractivity contribution is -0.141. The first-order valence-electron chi connectivity index (χ1n) is 9.57. The van der Waals surface area contributed by atoms with Crippen LogP contribution >= 0.6 is 18.9 Å². The molecule has 152 valence electrons. The number of rotatable bonds is 6. The molecule has 1 unspecified atom stereocenters. The lowest BCUT2D eigenvalue weighted by atomic mass is 9.87. The summed E-state index contributed by atoms with van der Waals surface area (Å²) in [6.07, 6.45) is 2.47. The zero-order valence-corrected chi connectivity index (χ0v) is 18.0. The molecule has 1 heterocycles. The smallest absolute Gasteiger partial charge is 0.331 e. The highest BCUT2D eigenvalue weighted by atomic mass is 35.5. The number of ether oxygens (including phenoxy) is 1. The number of hydrogen-bond donors (Lipinski definition) is 1. The van der Waals surface area contributed by atoms with Gasteiger partial charge in [-0.1, -0.05) is 60.1 Å². The first kappa shape index (κ1) is 20.6. The van der Waals surface area contributed by atoms with Gasteiger partial charge in [-0.2, -0.15) is 0 Å². The van der Waals surface area contributed by atoms with E-state index in [0.717, 1.165) is 5.56 Å². The molecule has 0 bridgehead atoms. The van der Waals surface area contributed by atoms with E-state index in [-0.39, 0.29) is 0 Å². The molecular weight excluding hydrogens is 417 g/mol. The van der Waals surface area contributed by atoms with E-state index in [1.54, 1.807) is 18.2 Å². The van der Waals surface area contributed by atoms with Crippen LogP contribution in [0, 0.1) is 0 Å². The van der Waals surface area contributed by atoms with E-state index in [0.29, 0.717) is 15.6 Å². The van der Waals surface area contributed by atoms with E-state index in [9.17, 15) is 9.36 Å². The minimum Gasteiger partial charge on any atom is -0.453 e. The number of esters is 1. The van der Waals surface area contributed by atoms with Crippen molar-refractivity contribution in [2.24, 2.45) is 0 Å². The highest BCUT2D eigenvalue weighted by molar-refractivity contribution is 7.77. The van der Waals surface area contributed by atoms with Gasteiger partial charge in [-0.15, -0.1) is 0 Å². The summed E-state index contributed by atoms with van der Waals surface area (Å²) in [5.74, 6) is -0.420. The molecule has 0 spiro atoms. The van der Waals surface area contributed by atoms with Gasteiger partial charge in [0.2, 0.25) is 7.29 Å². The first-order valence-corrected chi connectivity index (χ1v) is 11.7. The van der Waals surface area contributed by atoms with Crippen LogP contribution in [-0.4, -0.2) is 12.1 Å². The van der Waals surface area contributed by atoms with Gasteiger partial charge in [0.15, 0.2) is 0 Å². The Bertz CT molecular complexity index is 1070. The zero-order chi connectivity index (χ0) is 21.2. The topological polar surface area (TPSA) is 55.4 Å². The van der Waals surface area contributed by atoms with Crippen molar-refractivity contribution in [2.75, 3.05) is 0 Å². The van der Waals surface area contributed by atoms with Crippen molar-refractivity contribution in [1.29, 1.82) is 0 Å². The Morgan fingerprint density at radius 3 is 1.90 bits per heavy atom. The van der Waals surface area contributed by atoms with Gasteiger partial charge in [-0.25, -0.2) is 9.88 Å². The van der Waals surface area contributed by atoms with Crippen molar-refractivity contribution in [3.8, 4) is 0 Å². The molecule has 3 aromatic carbocycles. The molecule has 1 aliphatic heterocycles. The molecule has 0 aliphatic carbocycles. The van der Waals surface area contributed by atoms with Crippen molar-refractivity contribution in [1.82, 2.24) is 5.09 Å². The molecule has 3 aromatic rings. The Balaban J connectivity index is 1.87. The van der Waals surface area contributed by atoms with Crippen molar-refractivity contribution in [3.63, 3.8) is 0 Å². The van der Waals surface area contributed by atoms with Crippen molar-refractivity contribution >= 4 is 35.5 Å².